The highest BCUT2D eigenvalue weighted by Crippen LogP contribution is 2.46. The number of nitrogens with zero attached hydrogens (tertiary/aromatic N) is 1. The monoisotopic (exact) mass is 266 g/mol. The van der Waals surface area contributed by atoms with Crippen molar-refractivity contribution >= 4 is 22.8 Å². The number of nitrogens with one attached hydrogen (secondary N) is 1. The van der Waals surface area contributed by atoms with Crippen molar-refractivity contribution < 1.29 is 4.79 Å². The lowest BCUT2D eigenvalue weighted by Crippen LogP contribution is -2.30. The quantitative estimate of drug-likeness (QED) is 0.835. The zero-order valence-electron chi connectivity index (χ0n) is 10.9. The Hall–Kier alpha value is -0.510. The molecule has 0 bridgehead atoms. The molecular formula is C14H22N2OS. The van der Waals surface area contributed by atoms with Crippen LogP contribution in [0.4, 0.5) is 0 Å². The molecule has 2 fully saturated rings. The number of thioether (sulfide) groups is 1. The Balaban J connectivity index is 1.52. The highest BCUT2D eigenvalue weighted by atomic mass is 32.2. The van der Waals surface area contributed by atoms with E-state index < -0.39 is 0 Å². The number of amides is 1. The van der Waals surface area contributed by atoms with E-state index in [1.165, 1.54) is 44.9 Å². The molecule has 4 heteroatoms. The molecule has 100 valence electrons. The lowest BCUT2D eigenvalue weighted by Gasteiger charge is -2.22. The summed E-state index contributed by atoms with van der Waals surface area (Å²) in [4.78, 5) is 16.2. The minimum Gasteiger partial charge on any atom is -0.364 e. The summed E-state index contributed by atoms with van der Waals surface area (Å²) in [6.07, 6.45) is 11.2. The fourth-order valence-corrected chi connectivity index (χ4v) is 4.69. The van der Waals surface area contributed by atoms with Crippen LogP contribution in [0.2, 0.25) is 0 Å². The van der Waals surface area contributed by atoms with E-state index in [0.29, 0.717) is 0 Å². The summed E-state index contributed by atoms with van der Waals surface area (Å²) in [5.74, 6) is 0.911. The van der Waals surface area contributed by atoms with Crippen LogP contribution in [0.5, 0.6) is 0 Å². The molecule has 3 aliphatic rings. The molecule has 1 N–H and O–H groups in total. The molecule has 0 aromatic heterocycles. The maximum Gasteiger partial charge on any atom is 0.264 e. The Kier molecular flexibility index (Phi) is 3.64. The van der Waals surface area contributed by atoms with Gasteiger partial charge in [0.1, 0.15) is 4.75 Å². The Morgan fingerprint density at radius 1 is 1.17 bits per heavy atom. The third-order valence-corrected chi connectivity index (χ3v) is 5.97. The number of carbonyl (C=O) groups is 1. The van der Waals surface area contributed by atoms with Gasteiger partial charge in [0.2, 0.25) is 0 Å². The predicted molar refractivity (Wildman–Crippen MR) is 75.8 cm³/mol. The largest absolute Gasteiger partial charge is 0.364 e. The van der Waals surface area contributed by atoms with Gasteiger partial charge in [-0.1, -0.05) is 43.9 Å². The Morgan fingerprint density at radius 3 is 2.61 bits per heavy atom. The molecule has 0 aromatic rings. The second-order valence-electron chi connectivity index (χ2n) is 5.91. The van der Waals surface area contributed by atoms with Crippen LogP contribution in [0.15, 0.2) is 4.99 Å². The first-order chi connectivity index (χ1) is 8.78. The third-order valence-electron chi connectivity index (χ3n) is 4.56. The molecule has 2 saturated carbocycles. The minimum atomic E-state index is -0.172. The van der Waals surface area contributed by atoms with Gasteiger partial charge in [-0.3, -0.25) is 4.79 Å². The van der Waals surface area contributed by atoms with Crippen molar-refractivity contribution in [1.29, 1.82) is 0 Å². The van der Waals surface area contributed by atoms with E-state index in [1.807, 2.05) is 0 Å². The van der Waals surface area contributed by atoms with Crippen LogP contribution in [-0.4, -0.2) is 22.4 Å². The van der Waals surface area contributed by atoms with Crippen molar-refractivity contribution in [2.45, 2.75) is 62.5 Å². The van der Waals surface area contributed by atoms with Crippen molar-refractivity contribution in [3.63, 3.8) is 0 Å². The van der Waals surface area contributed by atoms with Crippen LogP contribution >= 0.6 is 11.8 Å². The summed E-state index contributed by atoms with van der Waals surface area (Å²) >= 11 is 1.71. The molecule has 1 spiro atoms. The second kappa shape index (κ2) is 5.24. The maximum atomic E-state index is 12.0. The lowest BCUT2D eigenvalue weighted by molar-refractivity contribution is -0.119. The standard InChI is InChI=1S/C14H22N2OS/c17-12-14(8-4-5-9-14)18-13(16-12)15-10-11-6-2-1-3-7-11/h11H,1-10H2,(H,15,16,17). The molecule has 1 aliphatic heterocycles. The van der Waals surface area contributed by atoms with Gasteiger partial charge < -0.3 is 5.32 Å². The number of aliphatic imine (C=N–C) groups is 1. The molecule has 0 radical (unpaired) electrons. The Morgan fingerprint density at radius 2 is 1.89 bits per heavy atom. The summed E-state index contributed by atoms with van der Waals surface area (Å²) in [6, 6.07) is 0. The van der Waals surface area contributed by atoms with Gasteiger partial charge in [-0.05, 0) is 31.6 Å². The maximum absolute atomic E-state index is 12.0. The number of carbonyl (C=O) groups excluding carboxylic acids is 1. The Labute approximate surface area is 113 Å². The summed E-state index contributed by atoms with van der Waals surface area (Å²) in [7, 11) is 0. The van der Waals surface area contributed by atoms with Crippen molar-refractivity contribution in [2.75, 3.05) is 6.54 Å². The van der Waals surface area contributed by atoms with Crippen molar-refractivity contribution in [3.05, 3.63) is 0 Å². The number of hydrogen-bond acceptors (Lipinski definition) is 3. The van der Waals surface area contributed by atoms with E-state index in [9.17, 15) is 4.79 Å². The zero-order valence-corrected chi connectivity index (χ0v) is 11.7. The second-order valence-corrected chi connectivity index (χ2v) is 7.28. The number of amidine groups is 1. The van der Waals surface area contributed by atoms with Gasteiger partial charge in [0.25, 0.3) is 5.91 Å². The van der Waals surface area contributed by atoms with Crippen LogP contribution in [0.1, 0.15) is 57.8 Å². The molecular weight excluding hydrogens is 244 g/mol. The summed E-state index contributed by atoms with van der Waals surface area (Å²) in [6.45, 7) is 1.01. The lowest BCUT2D eigenvalue weighted by atomic mass is 9.89. The van der Waals surface area contributed by atoms with Crippen LogP contribution in [0.3, 0.4) is 0 Å². The molecule has 18 heavy (non-hydrogen) atoms. The molecule has 1 heterocycles. The summed E-state index contributed by atoms with van der Waals surface area (Å²) in [5, 5.41) is 4.32. The fourth-order valence-electron chi connectivity index (χ4n) is 3.41. The first-order valence-corrected chi connectivity index (χ1v) is 8.16. The molecule has 3 nitrogen and oxygen atoms in total. The SMILES string of the molecule is O=C1N=C(NCC2CCCCC2)SC12CCCC2. The molecule has 0 atom stereocenters. The van der Waals surface area contributed by atoms with E-state index in [-0.39, 0.29) is 10.7 Å². The van der Waals surface area contributed by atoms with E-state index in [4.69, 9.17) is 0 Å². The molecule has 1 amide bonds. The Bertz CT molecular complexity index is 355. The molecule has 0 saturated heterocycles. The first-order valence-electron chi connectivity index (χ1n) is 7.34. The van der Waals surface area contributed by atoms with Crippen molar-refractivity contribution in [1.82, 2.24) is 5.32 Å². The molecule has 3 rings (SSSR count). The van der Waals surface area contributed by atoms with E-state index in [2.05, 4.69) is 10.3 Å². The first kappa shape index (κ1) is 12.5. The van der Waals surface area contributed by atoms with Gasteiger partial charge in [-0.15, -0.1) is 0 Å². The van der Waals surface area contributed by atoms with E-state index in [1.54, 1.807) is 11.8 Å². The summed E-state index contributed by atoms with van der Waals surface area (Å²) in [5.41, 5.74) is 0. The van der Waals surface area contributed by atoms with Gasteiger partial charge in [0.15, 0.2) is 5.17 Å². The van der Waals surface area contributed by atoms with Crippen LogP contribution in [-0.2, 0) is 4.79 Å². The highest BCUT2D eigenvalue weighted by Gasteiger charge is 2.47. The minimum absolute atomic E-state index is 0.121. The fraction of sp³-hybridized carbons (Fsp3) is 0.857. The number of hydrogen-bond donors (Lipinski definition) is 1. The average molecular weight is 266 g/mol. The van der Waals surface area contributed by atoms with Gasteiger partial charge in [-0.25, -0.2) is 0 Å². The molecule has 2 aliphatic carbocycles. The number of rotatable bonds is 2. The van der Waals surface area contributed by atoms with Crippen LogP contribution < -0.4 is 5.32 Å². The third kappa shape index (κ3) is 2.44. The topological polar surface area (TPSA) is 41.5 Å². The zero-order chi connectivity index (χ0) is 12.4. The van der Waals surface area contributed by atoms with Crippen molar-refractivity contribution in [3.8, 4) is 0 Å². The highest BCUT2D eigenvalue weighted by molar-refractivity contribution is 8.16. The van der Waals surface area contributed by atoms with Gasteiger partial charge in [-0.2, -0.15) is 4.99 Å². The van der Waals surface area contributed by atoms with Gasteiger partial charge in [0, 0.05) is 6.54 Å². The smallest absolute Gasteiger partial charge is 0.264 e. The predicted octanol–water partition coefficient (Wildman–Crippen LogP) is 3.10. The van der Waals surface area contributed by atoms with Crippen LogP contribution in [0, 0.1) is 5.92 Å². The molecule has 0 unspecified atom stereocenters. The average Bonchev–Trinajstić information content (AvgIpc) is 2.98. The van der Waals surface area contributed by atoms with Gasteiger partial charge >= 0.3 is 0 Å². The molecule has 0 aromatic carbocycles. The van der Waals surface area contributed by atoms with E-state index in [0.717, 1.165) is 30.5 Å². The van der Waals surface area contributed by atoms with Gasteiger partial charge in [0.05, 0.1) is 0 Å². The van der Waals surface area contributed by atoms with Crippen LogP contribution in [0.25, 0.3) is 0 Å². The summed E-state index contributed by atoms with van der Waals surface area (Å²) < 4.78 is -0.172. The normalized spacial score (nSPS) is 27.8. The van der Waals surface area contributed by atoms with Crippen molar-refractivity contribution in [2.24, 2.45) is 10.9 Å². The van der Waals surface area contributed by atoms with E-state index >= 15 is 0 Å².